The molecule has 0 aliphatic carbocycles. The quantitative estimate of drug-likeness (QED) is 0.818. The lowest BCUT2D eigenvalue weighted by Crippen LogP contribution is -2.45. The molecule has 1 aromatic carbocycles. The van der Waals surface area contributed by atoms with Crippen molar-refractivity contribution in [2.24, 2.45) is 0 Å². The van der Waals surface area contributed by atoms with E-state index >= 15 is 0 Å². The molecule has 0 saturated carbocycles. The standard InChI is InChI=1S/C15H22N2O2S/c1-5-12-9-7-8-10(3)13(12)16-15(20)17(6-2)11(4)14(18)19/h7-9,11H,5-6H2,1-4H3,(H,16,20)(H,18,19). The molecule has 0 aliphatic heterocycles. The predicted molar refractivity (Wildman–Crippen MR) is 86.3 cm³/mol. The Balaban J connectivity index is 2.97. The van der Waals surface area contributed by atoms with E-state index in [9.17, 15) is 4.79 Å². The van der Waals surface area contributed by atoms with Crippen molar-refractivity contribution >= 4 is 29.0 Å². The van der Waals surface area contributed by atoms with E-state index in [-0.39, 0.29) is 0 Å². The lowest BCUT2D eigenvalue weighted by molar-refractivity contribution is -0.141. The normalized spacial score (nSPS) is 11.8. The number of aliphatic carboxylic acids is 1. The van der Waals surface area contributed by atoms with Crippen LogP contribution in [0.25, 0.3) is 0 Å². The smallest absolute Gasteiger partial charge is 0.326 e. The summed E-state index contributed by atoms with van der Waals surface area (Å²) in [6.07, 6.45) is 0.896. The fraction of sp³-hybridized carbons (Fsp3) is 0.467. The number of carboxylic acid groups (broad SMARTS) is 1. The lowest BCUT2D eigenvalue weighted by Gasteiger charge is -2.29. The van der Waals surface area contributed by atoms with Gasteiger partial charge in [-0.3, -0.25) is 0 Å². The Labute approximate surface area is 125 Å². The van der Waals surface area contributed by atoms with Crippen molar-refractivity contribution in [3.8, 4) is 0 Å². The molecule has 1 rings (SSSR count). The summed E-state index contributed by atoms with van der Waals surface area (Å²) < 4.78 is 0. The third-order valence-corrected chi connectivity index (χ3v) is 3.73. The molecule has 110 valence electrons. The van der Waals surface area contributed by atoms with Crippen molar-refractivity contribution < 1.29 is 9.90 Å². The minimum absolute atomic E-state index is 0.450. The number of nitrogens with one attached hydrogen (secondary N) is 1. The average Bonchev–Trinajstić information content (AvgIpc) is 2.41. The van der Waals surface area contributed by atoms with Gasteiger partial charge in [-0.05, 0) is 50.5 Å². The first-order chi connectivity index (χ1) is 9.42. The number of anilines is 1. The van der Waals surface area contributed by atoms with Gasteiger partial charge in [0.25, 0.3) is 0 Å². The van der Waals surface area contributed by atoms with E-state index in [1.165, 1.54) is 5.56 Å². The predicted octanol–water partition coefficient (Wildman–Crippen LogP) is 3.05. The van der Waals surface area contributed by atoms with Crippen LogP contribution in [-0.2, 0) is 11.2 Å². The van der Waals surface area contributed by atoms with E-state index < -0.39 is 12.0 Å². The zero-order valence-electron chi connectivity index (χ0n) is 12.4. The highest BCUT2D eigenvalue weighted by atomic mass is 32.1. The molecule has 4 nitrogen and oxygen atoms in total. The molecule has 0 radical (unpaired) electrons. The van der Waals surface area contributed by atoms with Gasteiger partial charge in [0.15, 0.2) is 5.11 Å². The van der Waals surface area contributed by atoms with Gasteiger partial charge < -0.3 is 15.3 Å². The summed E-state index contributed by atoms with van der Waals surface area (Å²) in [6, 6.07) is 5.43. The number of para-hydroxylation sites is 1. The number of hydrogen-bond acceptors (Lipinski definition) is 2. The molecular formula is C15H22N2O2S. The van der Waals surface area contributed by atoms with Gasteiger partial charge in [-0.15, -0.1) is 0 Å². The van der Waals surface area contributed by atoms with Gasteiger partial charge in [-0.1, -0.05) is 25.1 Å². The second-order valence-corrected chi connectivity index (χ2v) is 5.08. The molecule has 0 aliphatic rings. The van der Waals surface area contributed by atoms with Crippen molar-refractivity contribution in [2.75, 3.05) is 11.9 Å². The summed E-state index contributed by atoms with van der Waals surface area (Å²) >= 11 is 5.37. The van der Waals surface area contributed by atoms with E-state index in [2.05, 4.69) is 18.3 Å². The van der Waals surface area contributed by atoms with Crippen molar-refractivity contribution in [3.63, 3.8) is 0 Å². The molecule has 1 atom stereocenters. The molecule has 0 spiro atoms. The lowest BCUT2D eigenvalue weighted by atomic mass is 10.1. The zero-order valence-corrected chi connectivity index (χ0v) is 13.3. The topological polar surface area (TPSA) is 52.6 Å². The van der Waals surface area contributed by atoms with Crippen LogP contribution in [0.2, 0.25) is 0 Å². The highest BCUT2D eigenvalue weighted by Crippen LogP contribution is 2.21. The van der Waals surface area contributed by atoms with E-state index in [0.29, 0.717) is 11.7 Å². The number of nitrogens with zero attached hydrogens (tertiary/aromatic N) is 1. The molecule has 0 amide bonds. The summed E-state index contributed by atoms with van der Waals surface area (Å²) in [6.45, 7) is 8.18. The minimum atomic E-state index is -0.878. The number of rotatable bonds is 5. The van der Waals surface area contributed by atoms with Gasteiger partial charge in [0.1, 0.15) is 6.04 Å². The third-order valence-electron chi connectivity index (χ3n) is 3.40. The Morgan fingerprint density at radius 3 is 2.60 bits per heavy atom. The Morgan fingerprint density at radius 2 is 2.10 bits per heavy atom. The van der Waals surface area contributed by atoms with Crippen LogP contribution in [0.4, 0.5) is 5.69 Å². The molecule has 0 saturated heterocycles. The largest absolute Gasteiger partial charge is 0.480 e. The summed E-state index contributed by atoms with van der Waals surface area (Å²) in [4.78, 5) is 12.8. The molecule has 0 aromatic heterocycles. The Hall–Kier alpha value is -1.62. The molecule has 1 aromatic rings. The van der Waals surface area contributed by atoms with Gasteiger partial charge in [0.05, 0.1) is 0 Å². The number of likely N-dealkylation sites (N-methyl/N-ethyl adjacent to an activating group) is 1. The molecule has 1 unspecified atom stereocenters. The Morgan fingerprint density at radius 1 is 1.45 bits per heavy atom. The molecular weight excluding hydrogens is 272 g/mol. The number of benzene rings is 1. The monoisotopic (exact) mass is 294 g/mol. The van der Waals surface area contributed by atoms with Gasteiger partial charge in [-0.25, -0.2) is 4.79 Å². The van der Waals surface area contributed by atoms with Crippen LogP contribution >= 0.6 is 12.2 Å². The first-order valence-corrected chi connectivity index (χ1v) is 7.22. The SMILES string of the molecule is CCc1cccc(C)c1NC(=S)N(CC)C(C)C(=O)O. The maximum absolute atomic E-state index is 11.1. The van der Waals surface area contributed by atoms with Crippen LogP contribution in [0.5, 0.6) is 0 Å². The van der Waals surface area contributed by atoms with Gasteiger partial charge in [-0.2, -0.15) is 0 Å². The molecule has 2 N–H and O–H groups in total. The number of carboxylic acids is 1. The second kappa shape index (κ2) is 7.24. The summed E-state index contributed by atoms with van der Waals surface area (Å²) in [5.74, 6) is -0.878. The Bertz CT molecular complexity index is 503. The third kappa shape index (κ3) is 3.70. The maximum atomic E-state index is 11.1. The minimum Gasteiger partial charge on any atom is -0.480 e. The molecule has 0 bridgehead atoms. The van der Waals surface area contributed by atoms with Gasteiger partial charge >= 0.3 is 5.97 Å². The zero-order chi connectivity index (χ0) is 15.3. The molecule has 0 heterocycles. The van der Waals surface area contributed by atoms with Crippen LogP contribution in [0.3, 0.4) is 0 Å². The van der Waals surface area contributed by atoms with Crippen LogP contribution in [0.1, 0.15) is 31.9 Å². The maximum Gasteiger partial charge on any atom is 0.326 e. The van der Waals surface area contributed by atoms with E-state index in [4.69, 9.17) is 17.3 Å². The van der Waals surface area contributed by atoms with Crippen LogP contribution < -0.4 is 5.32 Å². The Kier molecular flexibility index (Phi) is 5.95. The first-order valence-electron chi connectivity index (χ1n) is 6.81. The number of hydrogen-bond donors (Lipinski definition) is 2. The van der Waals surface area contributed by atoms with E-state index in [1.807, 2.05) is 26.0 Å². The fourth-order valence-corrected chi connectivity index (χ4v) is 2.50. The van der Waals surface area contributed by atoms with Crippen molar-refractivity contribution in [1.29, 1.82) is 0 Å². The van der Waals surface area contributed by atoms with E-state index in [0.717, 1.165) is 17.7 Å². The van der Waals surface area contributed by atoms with Crippen LogP contribution in [0, 0.1) is 6.92 Å². The van der Waals surface area contributed by atoms with Crippen molar-refractivity contribution in [3.05, 3.63) is 29.3 Å². The summed E-state index contributed by atoms with van der Waals surface area (Å²) in [7, 11) is 0. The number of carbonyl (C=O) groups is 1. The second-order valence-electron chi connectivity index (χ2n) is 4.69. The fourth-order valence-electron chi connectivity index (χ4n) is 2.11. The molecule has 0 fully saturated rings. The summed E-state index contributed by atoms with van der Waals surface area (Å²) in [5, 5.41) is 12.8. The highest BCUT2D eigenvalue weighted by molar-refractivity contribution is 7.80. The molecule has 5 heteroatoms. The van der Waals surface area contributed by atoms with Crippen molar-refractivity contribution in [2.45, 2.75) is 40.2 Å². The molecule has 20 heavy (non-hydrogen) atoms. The number of thiocarbonyl (C=S) groups is 1. The van der Waals surface area contributed by atoms with Crippen LogP contribution in [-0.4, -0.2) is 33.7 Å². The van der Waals surface area contributed by atoms with Crippen molar-refractivity contribution in [1.82, 2.24) is 4.90 Å². The van der Waals surface area contributed by atoms with E-state index in [1.54, 1.807) is 11.8 Å². The highest BCUT2D eigenvalue weighted by Gasteiger charge is 2.22. The number of aryl methyl sites for hydroxylation is 2. The van der Waals surface area contributed by atoms with Gasteiger partial charge in [0, 0.05) is 12.2 Å². The van der Waals surface area contributed by atoms with Crippen LogP contribution in [0.15, 0.2) is 18.2 Å². The first kappa shape index (κ1) is 16.4. The summed E-state index contributed by atoms with van der Waals surface area (Å²) in [5.41, 5.74) is 3.26. The van der Waals surface area contributed by atoms with Gasteiger partial charge in [0.2, 0.25) is 0 Å². The average molecular weight is 294 g/mol.